The summed E-state index contributed by atoms with van der Waals surface area (Å²) in [6.45, 7) is 4.54. The van der Waals surface area contributed by atoms with Gasteiger partial charge in [0.2, 0.25) is 0 Å². The summed E-state index contributed by atoms with van der Waals surface area (Å²) in [7, 11) is 0. The molecule has 0 bridgehead atoms. The quantitative estimate of drug-likeness (QED) is 0.193. The summed E-state index contributed by atoms with van der Waals surface area (Å²) >= 11 is 1.53. The maximum Gasteiger partial charge on any atom is 0.573 e. The van der Waals surface area contributed by atoms with Gasteiger partial charge in [-0.05, 0) is 85.3 Å². The minimum atomic E-state index is -4.75. The number of aliphatic carboxylic acids is 1. The Morgan fingerprint density at radius 3 is 2.35 bits per heavy atom. The van der Waals surface area contributed by atoms with Crippen LogP contribution in [-0.4, -0.2) is 55.3 Å². The van der Waals surface area contributed by atoms with Gasteiger partial charge in [0.05, 0.1) is 28.8 Å². The summed E-state index contributed by atoms with van der Waals surface area (Å²) in [5.41, 5.74) is 5.56. The minimum Gasteiger partial charge on any atom is -0.482 e. The lowest BCUT2D eigenvalue weighted by molar-refractivity contribution is -0.274. The third kappa shape index (κ3) is 8.26. The molecule has 2 heterocycles. The molecule has 226 valence electrons. The van der Waals surface area contributed by atoms with E-state index < -0.39 is 12.3 Å². The SMILES string of the molecule is Cc1cc(CCCc2nc(-c3ccc(N4CCOCC4)cc3)c(-c3ccc(OC(F)(F)F)cc3)s2)ccc1OCC(=O)O. The first kappa shape index (κ1) is 30.4. The molecule has 0 amide bonds. The van der Waals surface area contributed by atoms with Crippen molar-refractivity contribution in [2.24, 2.45) is 0 Å². The first-order chi connectivity index (χ1) is 20.6. The lowest BCUT2D eigenvalue weighted by Crippen LogP contribution is -2.36. The Morgan fingerprint density at radius 2 is 1.70 bits per heavy atom. The molecule has 1 aliphatic rings. The number of hydrogen-bond acceptors (Lipinski definition) is 7. The number of nitrogens with zero attached hydrogens (tertiary/aromatic N) is 2. The molecule has 1 N–H and O–H groups in total. The number of carbonyl (C=O) groups is 1. The van der Waals surface area contributed by atoms with Crippen LogP contribution >= 0.6 is 11.3 Å². The number of benzene rings is 3. The average Bonchev–Trinajstić information content (AvgIpc) is 3.41. The predicted octanol–water partition coefficient (Wildman–Crippen LogP) is 7.16. The number of anilines is 1. The van der Waals surface area contributed by atoms with E-state index in [1.165, 1.54) is 23.5 Å². The van der Waals surface area contributed by atoms with E-state index in [1.807, 2.05) is 31.2 Å². The van der Waals surface area contributed by atoms with Crippen molar-refractivity contribution in [2.45, 2.75) is 32.5 Å². The highest BCUT2D eigenvalue weighted by Gasteiger charge is 2.31. The van der Waals surface area contributed by atoms with E-state index in [0.717, 1.165) is 75.9 Å². The van der Waals surface area contributed by atoms with Crippen LogP contribution in [0.2, 0.25) is 0 Å². The predicted molar refractivity (Wildman–Crippen MR) is 159 cm³/mol. The van der Waals surface area contributed by atoms with Crippen LogP contribution in [0.1, 0.15) is 22.6 Å². The summed E-state index contributed by atoms with van der Waals surface area (Å²) in [6.07, 6.45) is -2.41. The molecule has 11 heteroatoms. The fourth-order valence-electron chi connectivity index (χ4n) is 4.93. The van der Waals surface area contributed by atoms with Gasteiger partial charge in [0.15, 0.2) is 6.61 Å². The van der Waals surface area contributed by atoms with Gasteiger partial charge >= 0.3 is 12.3 Å². The zero-order valence-corrected chi connectivity index (χ0v) is 24.3. The maximum atomic E-state index is 12.7. The van der Waals surface area contributed by atoms with Gasteiger partial charge < -0.3 is 24.2 Å². The normalized spacial score (nSPS) is 13.6. The van der Waals surface area contributed by atoms with E-state index in [1.54, 1.807) is 18.2 Å². The van der Waals surface area contributed by atoms with Gasteiger partial charge in [-0.3, -0.25) is 0 Å². The molecule has 0 unspecified atom stereocenters. The maximum absolute atomic E-state index is 12.7. The first-order valence-electron chi connectivity index (χ1n) is 13.9. The largest absolute Gasteiger partial charge is 0.573 e. The molecule has 0 spiro atoms. The summed E-state index contributed by atoms with van der Waals surface area (Å²) < 4.78 is 52.9. The zero-order chi connectivity index (χ0) is 30.4. The number of carboxylic acid groups (broad SMARTS) is 1. The fraction of sp³-hybridized carbons (Fsp3) is 0.312. The second-order valence-electron chi connectivity index (χ2n) is 10.1. The van der Waals surface area contributed by atoms with Crippen molar-refractivity contribution >= 4 is 23.0 Å². The second kappa shape index (κ2) is 13.5. The van der Waals surface area contributed by atoms with E-state index in [0.29, 0.717) is 19.0 Å². The monoisotopic (exact) mass is 612 g/mol. The number of alkyl halides is 3. The van der Waals surface area contributed by atoms with Crippen LogP contribution in [0, 0.1) is 6.92 Å². The van der Waals surface area contributed by atoms with E-state index in [2.05, 4.69) is 21.8 Å². The Bertz CT molecular complexity index is 1530. The van der Waals surface area contributed by atoms with E-state index >= 15 is 0 Å². The standard InChI is InChI=1S/C32H31F3N2O5S/c1-21-19-22(5-14-27(21)41-20-29(38)39)3-2-4-28-36-30(23-6-10-25(11-7-23)37-15-17-40-18-16-37)31(43-28)24-8-12-26(13-9-24)42-32(33,34)35/h5-14,19H,2-4,15-18,20H2,1H3,(H,38,39). The molecular weight excluding hydrogens is 581 g/mol. The van der Waals surface area contributed by atoms with Gasteiger partial charge in [0.25, 0.3) is 0 Å². The van der Waals surface area contributed by atoms with Crippen LogP contribution in [0.3, 0.4) is 0 Å². The van der Waals surface area contributed by atoms with Crippen molar-refractivity contribution in [1.82, 2.24) is 4.98 Å². The van der Waals surface area contributed by atoms with Gasteiger partial charge in [0.1, 0.15) is 11.5 Å². The molecule has 0 saturated carbocycles. The Kier molecular flexibility index (Phi) is 9.52. The molecule has 4 aromatic rings. The molecule has 1 aromatic heterocycles. The fourth-order valence-corrected chi connectivity index (χ4v) is 6.07. The number of halogens is 3. The Labute approximate surface area is 251 Å². The van der Waals surface area contributed by atoms with Gasteiger partial charge in [0, 0.05) is 24.3 Å². The Morgan fingerprint density at radius 1 is 1.00 bits per heavy atom. The number of hydrogen-bond donors (Lipinski definition) is 1. The van der Waals surface area contributed by atoms with Crippen molar-refractivity contribution in [3.05, 3.63) is 82.9 Å². The van der Waals surface area contributed by atoms with E-state index in [-0.39, 0.29) is 12.4 Å². The van der Waals surface area contributed by atoms with E-state index in [9.17, 15) is 18.0 Å². The molecule has 43 heavy (non-hydrogen) atoms. The van der Waals surface area contributed by atoms with Crippen LogP contribution in [0.4, 0.5) is 18.9 Å². The smallest absolute Gasteiger partial charge is 0.482 e. The summed E-state index contributed by atoms with van der Waals surface area (Å²) in [5.74, 6) is -0.747. The van der Waals surface area contributed by atoms with Crippen molar-refractivity contribution in [1.29, 1.82) is 0 Å². The van der Waals surface area contributed by atoms with Gasteiger partial charge in [-0.2, -0.15) is 0 Å². The van der Waals surface area contributed by atoms with Crippen LogP contribution < -0.4 is 14.4 Å². The average molecular weight is 613 g/mol. The third-order valence-corrected chi connectivity index (χ3v) is 8.15. The van der Waals surface area contributed by atoms with Gasteiger partial charge in [-0.15, -0.1) is 24.5 Å². The van der Waals surface area contributed by atoms with Crippen molar-refractivity contribution in [3.8, 4) is 33.2 Å². The zero-order valence-electron chi connectivity index (χ0n) is 23.5. The summed E-state index contributed by atoms with van der Waals surface area (Å²) in [5, 5.41) is 9.77. The molecule has 0 aliphatic carbocycles. The first-order valence-corrected chi connectivity index (χ1v) is 14.7. The highest BCUT2D eigenvalue weighted by atomic mass is 32.1. The van der Waals surface area contributed by atoms with Crippen molar-refractivity contribution in [2.75, 3.05) is 37.8 Å². The summed E-state index contributed by atoms with van der Waals surface area (Å²) in [4.78, 5) is 18.9. The number of carboxylic acids is 1. The second-order valence-corrected chi connectivity index (χ2v) is 11.2. The lowest BCUT2D eigenvalue weighted by Gasteiger charge is -2.28. The van der Waals surface area contributed by atoms with Crippen molar-refractivity contribution in [3.63, 3.8) is 0 Å². The number of ether oxygens (including phenoxy) is 3. The molecular formula is C32H31F3N2O5S. The van der Waals surface area contributed by atoms with Crippen LogP contribution in [0.15, 0.2) is 66.7 Å². The number of morpholine rings is 1. The van der Waals surface area contributed by atoms with Gasteiger partial charge in [-0.25, -0.2) is 9.78 Å². The molecule has 0 radical (unpaired) electrons. The minimum absolute atomic E-state index is 0.271. The lowest BCUT2D eigenvalue weighted by atomic mass is 10.0. The topological polar surface area (TPSA) is 81.1 Å². The van der Waals surface area contributed by atoms with Crippen molar-refractivity contribution < 1.29 is 37.3 Å². The number of aromatic nitrogens is 1. The van der Waals surface area contributed by atoms with Crippen LogP contribution in [-0.2, 0) is 22.4 Å². The molecule has 1 saturated heterocycles. The van der Waals surface area contributed by atoms with Crippen LogP contribution in [0.5, 0.6) is 11.5 Å². The molecule has 0 atom stereocenters. The highest BCUT2D eigenvalue weighted by molar-refractivity contribution is 7.15. The number of thiazole rings is 1. The molecule has 1 fully saturated rings. The molecule has 1 aliphatic heterocycles. The molecule has 3 aromatic carbocycles. The Balaban J connectivity index is 1.34. The van der Waals surface area contributed by atoms with Gasteiger partial charge in [-0.1, -0.05) is 24.3 Å². The molecule has 7 nitrogen and oxygen atoms in total. The summed E-state index contributed by atoms with van der Waals surface area (Å²) in [6, 6.07) is 19.8. The molecule has 5 rings (SSSR count). The highest BCUT2D eigenvalue weighted by Crippen LogP contribution is 2.39. The Hall–Kier alpha value is -4.09. The number of aryl methyl sites for hydroxylation is 3. The number of rotatable bonds is 11. The van der Waals surface area contributed by atoms with Crippen LogP contribution in [0.25, 0.3) is 21.7 Å². The third-order valence-electron chi connectivity index (χ3n) is 6.99. The van der Waals surface area contributed by atoms with E-state index in [4.69, 9.17) is 19.6 Å².